The van der Waals surface area contributed by atoms with Crippen LogP contribution in [0.2, 0.25) is 0 Å². The largest absolute Gasteiger partial charge is 0.497 e. The number of aryl methyl sites for hydroxylation is 1. The lowest BCUT2D eigenvalue weighted by atomic mass is 10.0. The number of nitrogens with one attached hydrogen (secondary N) is 1. The number of furan rings is 1. The second-order valence-electron chi connectivity index (χ2n) is 7.44. The average molecular weight is 396 g/mol. The molecule has 0 aliphatic carbocycles. The SMILES string of the molecule is COc1ccc([C@H](CNC(=O)c2oc3ccc(F)cc3c2C)N2CCCC2)cc1. The number of ether oxygens (including phenoxy) is 1. The summed E-state index contributed by atoms with van der Waals surface area (Å²) < 4.78 is 24.5. The van der Waals surface area contributed by atoms with E-state index in [9.17, 15) is 9.18 Å². The fourth-order valence-electron chi connectivity index (χ4n) is 4.02. The maximum Gasteiger partial charge on any atom is 0.287 e. The number of carbonyl (C=O) groups excluding carboxylic acids is 1. The number of halogens is 1. The van der Waals surface area contributed by atoms with E-state index < -0.39 is 0 Å². The number of amides is 1. The topological polar surface area (TPSA) is 54.7 Å². The van der Waals surface area contributed by atoms with E-state index in [2.05, 4.69) is 10.2 Å². The van der Waals surface area contributed by atoms with E-state index in [0.717, 1.165) is 37.2 Å². The number of carbonyl (C=O) groups is 1. The lowest BCUT2D eigenvalue weighted by Gasteiger charge is -2.28. The van der Waals surface area contributed by atoms with E-state index in [-0.39, 0.29) is 23.5 Å². The molecule has 6 heteroatoms. The smallest absolute Gasteiger partial charge is 0.287 e. The van der Waals surface area contributed by atoms with Gasteiger partial charge in [0.15, 0.2) is 5.76 Å². The molecule has 3 aromatic rings. The number of benzene rings is 2. The van der Waals surface area contributed by atoms with Crippen LogP contribution < -0.4 is 10.1 Å². The molecule has 1 aromatic heterocycles. The molecule has 1 fully saturated rings. The molecule has 0 unspecified atom stereocenters. The Morgan fingerprint density at radius 1 is 1.21 bits per heavy atom. The van der Waals surface area contributed by atoms with Crippen LogP contribution in [-0.4, -0.2) is 37.6 Å². The van der Waals surface area contributed by atoms with Gasteiger partial charge in [-0.05, 0) is 68.8 Å². The van der Waals surface area contributed by atoms with Crippen molar-refractivity contribution in [2.45, 2.75) is 25.8 Å². The standard InChI is InChI=1S/C23H25FN2O3/c1-15-19-13-17(24)7-10-21(19)29-22(15)23(27)25-14-20(26-11-3-4-12-26)16-5-8-18(28-2)9-6-16/h5-10,13,20H,3-4,11-12,14H2,1-2H3,(H,25,27)/t20-/m0/s1. The van der Waals surface area contributed by atoms with Crippen LogP contribution in [0.3, 0.4) is 0 Å². The maximum absolute atomic E-state index is 13.5. The predicted octanol–water partition coefficient (Wildman–Crippen LogP) is 4.46. The molecule has 0 bridgehead atoms. The summed E-state index contributed by atoms with van der Waals surface area (Å²) in [5.41, 5.74) is 2.30. The van der Waals surface area contributed by atoms with E-state index >= 15 is 0 Å². The van der Waals surface area contributed by atoms with Gasteiger partial charge in [0.05, 0.1) is 13.2 Å². The molecule has 152 valence electrons. The minimum Gasteiger partial charge on any atom is -0.497 e. The van der Waals surface area contributed by atoms with Crippen LogP contribution in [0, 0.1) is 12.7 Å². The van der Waals surface area contributed by atoms with Crippen molar-refractivity contribution in [1.82, 2.24) is 10.2 Å². The summed E-state index contributed by atoms with van der Waals surface area (Å²) in [6, 6.07) is 12.3. The Bertz CT molecular complexity index is 1010. The zero-order valence-electron chi connectivity index (χ0n) is 16.7. The summed E-state index contributed by atoms with van der Waals surface area (Å²) in [5.74, 6) is 0.419. The van der Waals surface area contributed by atoms with Gasteiger partial charge in [-0.2, -0.15) is 0 Å². The monoisotopic (exact) mass is 396 g/mol. The third-order valence-electron chi connectivity index (χ3n) is 5.64. The van der Waals surface area contributed by atoms with Gasteiger partial charge in [-0.1, -0.05) is 12.1 Å². The minimum atomic E-state index is -0.345. The van der Waals surface area contributed by atoms with Crippen molar-refractivity contribution in [2.24, 2.45) is 0 Å². The highest BCUT2D eigenvalue weighted by Gasteiger charge is 2.25. The van der Waals surface area contributed by atoms with Crippen molar-refractivity contribution >= 4 is 16.9 Å². The lowest BCUT2D eigenvalue weighted by Crippen LogP contribution is -2.36. The van der Waals surface area contributed by atoms with Crippen molar-refractivity contribution in [3.05, 3.63) is 65.2 Å². The van der Waals surface area contributed by atoms with E-state index in [1.807, 2.05) is 24.3 Å². The Morgan fingerprint density at radius 3 is 2.62 bits per heavy atom. The average Bonchev–Trinajstić information content (AvgIpc) is 3.37. The third kappa shape index (κ3) is 3.98. The first-order valence-corrected chi connectivity index (χ1v) is 9.91. The zero-order chi connectivity index (χ0) is 20.4. The molecule has 5 nitrogen and oxygen atoms in total. The Kier molecular flexibility index (Phi) is 5.53. The minimum absolute atomic E-state index is 0.0782. The summed E-state index contributed by atoms with van der Waals surface area (Å²) >= 11 is 0. The van der Waals surface area contributed by atoms with Crippen molar-refractivity contribution in [3.63, 3.8) is 0 Å². The van der Waals surface area contributed by atoms with Gasteiger partial charge in [0, 0.05) is 17.5 Å². The molecule has 2 aromatic carbocycles. The Balaban J connectivity index is 1.53. The van der Waals surface area contributed by atoms with Crippen LogP contribution in [0.1, 0.15) is 40.6 Å². The van der Waals surface area contributed by atoms with Gasteiger partial charge in [-0.15, -0.1) is 0 Å². The van der Waals surface area contributed by atoms with E-state index in [0.29, 0.717) is 23.1 Å². The number of fused-ring (bicyclic) bond motifs is 1. The number of likely N-dealkylation sites (tertiary alicyclic amines) is 1. The number of nitrogens with zero attached hydrogens (tertiary/aromatic N) is 1. The zero-order valence-corrected chi connectivity index (χ0v) is 16.7. The molecule has 1 N–H and O–H groups in total. The van der Waals surface area contributed by atoms with E-state index in [4.69, 9.17) is 9.15 Å². The molecule has 0 spiro atoms. The molecule has 1 aliphatic rings. The van der Waals surface area contributed by atoms with Crippen LogP contribution in [0.5, 0.6) is 5.75 Å². The molecule has 0 radical (unpaired) electrons. The van der Waals surface area contributed by atoms with Crippen LogP contribution in [0.4, 0.5) is 4.39 Å². The number of rotatable bonds is 6. The van der Waals surface area contributed by atoms with Gasteiger partial charge in [0.2, 0.25) is 0 Å². The Labute approximate surface area is 169 Å². The van der Waals surface area contributed by atoms with Gasteiger partial charge in [-0.25, -0.2) is 4.39 Å². The highest BCUT2D eigenvalue weighted by Crippen LogP contribution is 2.28. The van der Waals surface area contributed by atoms with Crippen LogP contribution in [-0.2, 0) is 0 Å². The number of methoxy groups -OCH3 is 1. The molecule has 1 atom stereocenters. The first kappa shape index (κ1) is 19.5. The normalized spacial score (nSPS) is 15.6. The third-order valence-corrected chi connectivity index (χ3v) is 5.64. The van der Waals surface area contributed by atoms with Crippen molar-refractivity contribution in [3.8, 4) is 5.75 Å². The quantitative estimate of drug-likeness (QED) is 0.669. The van der Waals surface area contributed by atoms with E-state index in [1.165, 1.54) is 12.1 Å². The highest BCUT2D eigenvalue weighted by molar-refractivity contribution is 5.98. The fraction of sp³-hybridized carbons (Fsp3) is 0.348. The first-order valence-electron chi connectivity index (χ1n) is 9.91. The summed E-state index contributed by atoms with van der Waals surface area (Å²) in [5, 5.41) is 3.65. The van der Waals surface area contributed by atoms with Gasteiger partial charge >= 0.3 is 0 Å². The van der Waals surface area contributed by atoms with Gasteiger partial charge in [0.25, 0.3) is 5.91 Å². The highest BCUT2D eigenvalue weighted by atomic mass is 19.1. The molecule has 29 heavy (non-hydrogen) atoms. The second-order valence-corrected chi connectivity index (χ2v) is 7.44. The molecule has 0 saturated carbocycles. The van der Waals surface area contributed by atoms with Crippen LogP contribution >= 0.6 is 0 Å². The molecular formula is C23H25FN2O3. The van der Waals surface area contributed by atoms with Crippen LogP contribution in [0.15, 0.2) is 46.9 Å². The summed E-state index contributed by atoms with van der Waals surface area (Å²) in [7, 11) is 1.65. The summed E-state index contributed by atoms with van der Waals surface area (Å²) in [6.07, 6.45) is 2.32. The number of hydrogen-bond donors (Lipinski definition) is 1. The Morgan fingerprint density at radius 2 is 1.93 bits per heavy atom. The van der Waals surface area contributed by atoms with Crippen molar-refractivity contribution < 1.29 is 18.3 Å². The molecule has 2 heterocycles. The molecular weight excluding hydrogens is 371 g/mol. The van der Waals surface area contributed by atoms with Crippen molar-refractivity contribution in [2.75, 3.05) is 26.7 Å². The second kappa shape index (κ2) is 8.25. The van der Waals surface area contributed by atoms with Gasteiger partial charge < -0.3 is 14.5 Å². The fourth-order valence-corrected chi connectivity index (χ4v) is 4.02. The first-order chi connectivity index (χ1) is 14.1. The molecule has 1 saturated heterocycles. The molecule has 1 aliphatic heterocycles. The van der Waals surface area contributed by atoms with E-state index in [1.54, 1.807) is 20.1 Å². The van der Waals surface area contributed by atoms with Gasteiger partial charge in [0.1, 0.15) is 17.1 Å². The summed E-state index contributed by atoms with van der Waals surface area (Å²) in [6.45, 7) is 4.27. The lowest BCUT2D eigenvalue weighted by molar-refractivity contribution is 0.0911. The molecule has 4 rings (SSSR count). The molecule has 1 amide bonds. The Hall–Kier alpha value is -2.86. The van der Waals surface area contributed by atoms with Gasteiger partial charge in [-0.3, -0.25) is 9.69 Å². The van der Waals surface area contributed by atoms with Crippen LogP contribution in [0.25, 0.3) is 11.0 Å². The maximum atomic E-state index is 13.5. The summed E-state index contributed by atoms with van der Waals surface area (Å²) in [4.78, 5) is 15.2. The number of hydrogen-bond acceptors (Lipinski definition) is 4. The van der Waals surface area contributed by atoms with Crippen molar-refractivity contribution in [1.29, 1.82) is 0 Å². The predicted molar refractivity (Wildman–Crippen MR) is 110 cm³/mol.